The van der Waals surface area contributed by atoms with Crippen molar-refractivity contribution >= 4 is 35.8 Å². The summed E-state index contributed by atoms with van der Waals surface area (Å²) in [5, 5.41) is 9.10. The number of halogens is 2. The number of hydrogen-bond acceptors (Lipinski definition) is 4. The monoisotopic (exact) mass is 530 g/mol. The number of methoxy groups -OCH3 is 1. The number of nitrogens with zero attached hydrogens (tertiary/aromatic N) is 1. The van der Waals surface area contributed by atoms with Gasteiger partial charge in [0, 0.05) is 25.7 Å². The maximum Gasteiger partial charge on any atom is 0.251 e. The van der Waals surface area contributed by atoms with Crippen LogP contribution in [-0.2, 0) is 0 Å². The second-order valence-corrected chi connectivity index (χ2v) is 6.25. The van der Waals surface area contributed by atoms with Gasteiger partial charge in [0.1, 0.15) is 23.4 Å². The van der Waals surface area contributed by atoms with Gasteiger partial charge >= 0.3 is 0 Å². The van der Waals surface area contributed by atoms with Crippen LogP contribution in [0.25, 0.3) is 0 Å². The second kappa shape index (κ2) is 13.6. The van der Waals surface area contributed by atoms with E-state index in [9.17, 15) is 9.18 Å². The number of rotatable bonds is 9. The van der Waals surface area contributed by atoms with E-state index in [0.717, 1.165) is 0 Å². The van der Waals surface area contributed by atoms with Crippen LogP contribution in [0.15, 0.2) is 53.5 Å². The molecule has 0 aromatic heterocycles. The molecule has 2 rings (SSSR count). The Labute approximate surface area is 193 Å². The Hall–Kier alpha value is -2.56. The van der Waals surface area contributed by atoms with Gasteiger partial charge in [-0.05, 0) is 49.4 Å². The van der Waals surface area contributed by atoms with Crippen molar-refractivity contribution in [2.45, 2.75) is 13.0 Å². The molecule has 1 amide bonds. The van der Waals surface area contributed by atoms with Gasteiger partial charge in [-0.25, -0.2) is 4.39 Å². The highest BCUT2D eigenvalue weighted by atomic mass is 127. The summed E-state index contributed by atoms with van der Waals surface area (Å²) in [7, 11) is 3.22. The Morgan fingerprint density at radius 2 is 1.77 bits per heavy atom. The van der Waals surface area contributed by atoms with Gasteiger partial charge in [-0.3, -0.25) is 9.79 Å². The number of carbonyl (C=O) groups is 1. The van der Waals surface area contributed by atoms with E-state index in [1.807, 2.05) is 6.92 Å². The predicted octanol–water partition coefficient (Wildman–Crippen LogP) is 2.81. The third-order valence-corrected chi connectivity index (χ3v) is 3.97. The summed E-state index contributed by atoms with van der Waals surface area (Å²) in [5.74, 6) is 1.36. The van der Waals surface area contributed by atoms with Gasteiger partial charge in [0.25, 0.3) is 5.91 Å². The Balaban J connectivity index is 0.00000450. The molecule has 0 spiro atoms. The zero-order chi connectivity index (χ0) is 21.1. The standard InChI is InChI=1S/C21H27FN4O3.HI/c1-15(29-18-9-7-17(22)8-10-18)14-26-21(23-2)25-12-11-24-20(27)16-5-4-6-19(13-16)28-3;/h4-10,13,15H,11-12,14H2,1-3H3,(H,24,27)(H2,23,25,26);1H. The predicted molar refractivity (Wildman–Crippen MR) is 127 cm³/mol. The van der Waals surface area contributed by atoms with E-state index in [0.29, 0.717) is 42.7 Å². The summed E-state index contributed by atoms with van der Waals surface area (Å²) < 4.78 is 23.8. The lowest BCUT2D eigenvalue weighted by atomic mass is 10.2. The van der Waals surface area contributed by atoms with E-state index in [2.05, 4.69) is 20.9 Å². The number of carbonyl (C=O) groups excluding carboxylic acids is 1. The normalized spacial score (nSPS) is 11.7. The summed E-state index contributed by atoms with van der Waals surface area (Å²) >= 11 is 0. The van der Waals surface area contributed by atoms with Gasteiger partial charge < -0.3 is 25.4 Å². The molecule has 9 heteroatoms. The molecule has 164 valence electrons. The van der Waals surface area contributed by atoms with Gasteiger partial charge in [-0.2, -0.15) is 0 Å². The molecule has 1 atom stereocenters. The molecule has 7 nitrogen and oxygen atoms in total. The number of benzene rings is 2. The first-order valence-corrected chi connectivity index (χ1v) is 9.31. The van der Waals surface area contributed by atoms with Crippen LogP contribution in [0.4, 0.5) is 4.39 Å². The smallest absolute Gasteiger partial charge is 0.251 e. The van der Waals surface area contributed by atoms with Crippen LogP contribution in [0.2, 0.25) is 0 Å². The van der Waals surface area contributed by atoms with E-state index < -0.39 is 0 Å². The molecule has 0 saturated carbocycles. The number of amides is 1. The average molecular weight is 530 g/mol. The molecule has 1 unspecified atom stereocenters. The molecule has 0 aliphatic rings. The first-order valence-electron chi connectivity index (χ1n) is 9.31. The van der Waals surface area contributed by atoms with Crippen molar-refractivity contribution in [1.29, 1.82) is 0 Å². The fraction of sp³-hybridized carbons (Fsp3) is 0.333. The van der Waals surface area contributed by atoms with Crippen molar-refractivity contribution in [3.05, 3.63) is 59.9 Å². The van der Waals surface area contributed by atoms with Crippen molar-refractivity contribution in [1.82, 2.24) is 16.0 Å². The first-order chi connectivity index (χ1) is 14.0. The third-order valence-electron chi connectivity index (χ3n) is 3.97. The van der Waals surface area contributed by atoms with E-state index in [-0.39, 0.29) is 41.8 Å². The van der Waals surface area contributed by atoms with Crippen LogP contribution in [0.3, 0.4) is 0 Å². The average Bonchev–Trinajstić information content (AvgIpc) is 2.74. The lowest BCUT2D eigenvalue weighted by Gasteiger charge is -2.18. The summed E-state index contributed by atoms with van der Waals surface area (Å²) in [6.45, 7) is 3.34. The van der Waals surface area contributed by atoms with Crippen LogP contribution in [0, 0.1) is 5.82 Å². The fourth-order valence-electron chi connectivity index (χ4n) is 2.47. The van der Waals surface area contributed by atoms with Crippen molar-refractivity contribution in [2.24, 2.45) is 4.99 Å². The lowest BCUT2D eigenvalue weighted by molar-refractivity contribution is 0.0954. The fourth-order valence-corrected chi connectivity index (χ4v) is 2.47. The van der Waals surface area contributed by atoms with Crippen LogP contribution in [0.5, 0.6) is 11.5 Å². The lowest BCUT2D eigenvalue weighted by Crippen LogP contribution is -2.44. The zero-order valence-corrected chi connectivity index (χ0v) is 19.6. The number of ether oxygens (including phenoxy) is 2. The molecule has 0 saturated heterocycles. The molecule has 2 aromatic carbocycles. The molecular formula is C21H28FIN4O3. The number of nitrogens with one attached hydrogen (secondary N) is 3. The van der Waals surface area contributed by atoms with Gasteiger partial charge in [0.2, 0.25) is 0 Å². The van der Waals surface area contributed by atoms with Crippen LogP contribution < -0.4 is 25.4 Å². The summed E-state index contributed by atoms with van der Waals surface area (Å²) in [6, 6.07) is 12.9. The zero-order valence-electron chi connectivity index (χ0n) is 17.3. The third kappa shape index (κ3) is 8.85. The van der Waals surface area contributed by atoms with E-state index in [1.54, 1.807) is 50.6 Å². The Morgan fingerprint density at radius 1 is 1.07 bits per heavy atom. The summed E-state index contributed by atoms with van der Waals surface area (Å²) in [4.78, 5) is 16.3. The Bertz CT molecular complexity index is 818. The van der Waals surface area contributed by atoms with Gasteiger partial charge in [0.15, 0.2) is 5.96 Å². The maximum atomic E-state index is 12.9. The maximum absolute atomic E-state index is 12.9. The molecule has 0 fully saturated rings. The summed E-state index contributed by atoms with van der Waals surface area (Å²) in [5.41, 5.74) is 0.540. The van der Waals surface area contributed by atoms with Crippen molar-refractivity contribution in [3.8, 4) is 11.5 Å². The van der Waals surface area contributed by atoms with Crippen LogP contribution in [0.1, 0.15) is 17.3 Å². The highest BCUT2D eigenvalue weighted by Crippen LogP contribution is 2.13. The Morgan fingerprint density at radius 3 is 2.43 bits per heavy atom. The van der Waals surface area contributed by atoms with Crippen molar-refractivity contribution in [2.75, 3.05) is 33.8 Å². The van der Waals surface area contributed by atoms with Gasteiger partial charge in [-0.1, -0.05) is 6.07 Å². The minimum absolute atomic E-state index is 0. The molecule has 0 bridgehead atoms. The molecule has 0 aliphatic carbocycles. The molecule has 0 heterocycles. The van der Waals surface area contributed by atoms with Crippen LogP contribution in [-0.4, -0.2) is 51.8 Å². The first kappa shape index (κ1) is 25.5. The quantitative estimate of drug-likeness (QED) is 0.201. The molecule has 2 aromatic rings. The highest BCUT2D eigenvalue weighted by molar-refractivity contribution is 14.0. The second-order valence-electron chi connectivity index (χ2n) is 6.25. The number of guanidine groups is 1. The molecule has 30 heavy (non-hydrogen) atoms. The van der Waals surface area contributed by atoms with Crippen molar-refractivity contribution in [3.63, 3.8) is 0 Å². The van der Waals surface area contributed by atoms with E-state index in [1.165, 1.54) is 12.1 Å². The van der Waals surface area contributed by atoms with Crippen LogP contribution >= 0.6 is 24.0 Å². The molecule has 3 N–H and O–H groups in total. The minimum atomic E-state index is -0.300. The molecule has 0 aliphatic heterocycles. The number of aliphatic imine (C=N–C) groups is 1. The Kier molecular flexibility index (Phi) is 11.6. The number of hydrogen-bond donors (Lipinski definition) is 3. The summed E-state index contributed by atoms with van der Waals surface area (Å²) in [6.07, 6.45) is -0.147. The van der Waals surface area contributed by atoms with E-state index >= 15 is 0 Å². The van der Waals surface area contributed by atoms with Crippen molar-refractivity contribution < 1.29 is 18.7 Å². The topological polar surface area (TPSA) is 84.0 Å². The van der Waals surface area contributed by atoms with E-state index in [4.69, 9.17) is 9.47 Å². The highest BCUT2D eigenvalue weighted by Gasteiger charge is 2.08. The molecular weight excluding hydrogens is 502 g/mol. The van der Waals surface area contributed by atoms with Gasteiger partial charge in [-0.15, -0.1) is 24.0 Å². The largest absolute Gasteiger partial charge is 0.497 e. The van der Waals surface area contributed by atoms with Gasteiger partial charge in [0.05, 0.1) is 13.7 Å². The minimum Gasteiger partial charge on any atom is -0.497 e. The molecule has 0 radical (unpaired) electrons. The SMILES string of the molecule is CN=C(NCCNC(=O)c1cccc(OC)c1)NCC(C)Oc1ccc(F)cc1.I.